The number of fused-ring (bicyclic) bond motifs is 1. The molecule has 2 rings (SSSR count). The number of carbonyl (C=O) groups is 1. The maximum atomic E-state index is 12.3. The van der Waals surface area contributed by atoms with Crippen LogP contribution in [0.25, 0.3) is 10.2 Å². The molecular weight excluding hydrogens is 262 g/mol. The van der Waals surface area contributed by atoms with Crippen LogP contribution in [0.4, 0.5) is 5.69 Å². The van der Waals surface area contributed by atoms with Crippen molar-refractivity contribution in [3.05, 3.63) is 17.1 Å². The molecule has 0 bridgehead atoms. The van der Waals surface area contributed by atoms with Crippen LogP contribution in [0.1, 0.15) is 16.6 Å². The lowest BCUT2D eigenvalue weighted by Gasteiger charge is -2.17. The molecule has 6 nitrogen and oxygen atoms in total. The van der Waals surface area contributed by atoms with Gasteiger partial charge < -0.3 is 10.6 Å². The van der Waals surface area contributed by atoms with E-state index in [1.54, 1.807) is 26.2 Å². The molecular formula is C12H13N5OS. The number of nitrogens with zero attached hydrogens (tertiary/aromatic N) is 4. The van der Waals surface area contributed by atoms with E-state index in [0.29, 0.717) is 21.9 Å². The van der Waals surface area contributed by atoms with Gasteiger partial charge in [-0.25, -0.2) is 0 Å². The molecule has 0 saturated heterocycles. The van der Waals surface area contributed by atoms with E-state index in [2.05, 4.69) is 16.3 Å². The molecule has 2 aromatic heterocycles. The van der Waals surface area contributed by atoms with Crippen LogP contribution in [0.2, 0.25) is 0 Å². The summed E-state index contributed by atoms with van der Waals surface area (Å²) in [7, 11) is 1.66. The van der Waals surface area contributed by atoms with Gasteiger partial charge in [-0.15, -0.1) is 16.4 Å². The van der Waals surface area contributed by atoms with E-state index < -0.39 is 0 Å². The third-order valence-corrected chi connectivity index (χ3v) is 3.82. The predicted molar refractivity (Wildman–Crippen MR) is 73.6 cm³/mol. The van der Waals surface area contributed by atoms with Crippen LogP contribution in [0.3, 0.4) is 0 Å². The molecule has 0 aliphatic carbocycles. The lowest BCUT2D eigenvalue weighted by molar-refractivity contribution is 0.0791. The molecule has 0 aromatic carbocycles. The minimum absolute atomic E-state index is 0.192. The van der Waals surface area contributed by atoms with Crippen molar-refractivity contribution in [3.63, 3.8) is 0 Å². The lowest BCUT2D eigenvalue weighted by atomic mass is 10.2. The third-order valence-electron chi connectivity index (χ3n) is 2.73. The van der Waals surface area contributed by atoms with Gasteiger partial charge in [0.2, 0.25) is 0 Å². The molecule has 1 unspecified atom stereocenters. The number of carbonyl (C=O) groups excluding carboxylic acids is 1. The fraction of sp³-hybridized carbons (Fsp3) is 0.333. The van der Waals surface area contributed by atoms with Crippen molar-refractivity contribution in [1.29, 1.82) is 5.26 Å². The summed E-state index contributed by atoms with van der Waals surface area (Å²) < 4.78 is 0. The van der Waals surface area contributed by atoms with Gasteiger partial charge in [0.25, 0.3) is 5.91 Å². The molecule has 0 aliphatic heterocycles. The van der Waals surface area contributed by atoms with Gasteiger partial charge in [0.15, 0.2) is 0 Å². The fourth-order valence-electron chi connectivity index (χ4n) is 1.74. The van der Waals surface area contributed by atoms with E-state index in [1.807, 2.05) is 0 Å². The zero-order valence-electron chi connectivity index (χ0n) is 10.6. The Balaban J connectivity index is 2.32. The summed E-state index contributed by atoms with van der Waals surface area (Å²) in [5, 5.41) is 17.2. The topological polar surface area (TPSA) is 95.9 Å². The monoisotopic (exact) mass is 275 g/mol. The van der Waals surface area contributed by atoms with Crippen molar-refractivity contribution in [3.8, 4) is 6.07 Å². The number of hydrogen-bond acceptors (Lipinski definition) is 6. The Morgan fingerprint density at radius 2 is 2.42 bits per heavy atom. The van der Waals surface area contributed by atoms with Crippen LogP contribution in [0, 0.1) is 17.2 Å². The molecule has 0 fully saturated rings. The van der Waals surface area contributed by atoms with Crippen LogP contribution < -0.4 is 5.73 Å². The molecule has 98 valence electrons. The minimum atomic E-state index is -0.218. The first-order chi connectivity index (χ1) is 9.04. The van der Waals surface area contributed by atoms with Crippen molar-refractivity contribution >= 4 is 33.1 Å². The van der Waals surface area contributed by atoms with Gasteiger partial charge in [0.05, 0.1) is 23.9 Å². The normalized spacial score (nSPS) is 12.1. The van der Waals surface area contributed by atoms with Crippen molar-refractivity contribution < 1.29 is 4.79 Å². The molecule has 2 heterocycles. The van der Waals surface area contributed by atoms with Crippen molar-refractivity contribution in [1.82, 2.24) is 15.1 Å². The molecule has 0 aliphatic rings. The molecule has 7 heteroatoms. The number of nitrogens with two attached hydrogens (primary N) is 1. The van der Waals surface area contributed by atoms with Crippen LogP contribution >= 0.6 is 11.3 Å². The van der Waals surface area contributed by atoms with Gasteiger partial charge in [0, 0.05) is 19.0 Å². The van der Waals surface area contributed by atoms with E-state index in [1.165, 1.54) is 16.2 Å². The lowest BCUT2D eigenvalue weighted by Crippen LogP contribution is -2.30. The van der Waals surface area contributed by atoms with Crippen LogP contribution in [-0.2, 0) is 0 Å². The van der Waals surface area contributed by atoms with Gasteiger partial charge >= 0.3 is 0 Å². The van der Waals surface area contributed by atoms with Crippen LogP contribution in [0.5, 0.6) is 0 Å². The molecule has 2 N–H and O–H groups in total. The third kappa shape index (κ3) is 2.48. The Bertz CT molecular complexity index is 660. The number of amides is 1. The number of nitrogen functional groups attached to an aromatic ring is 1. The van der Waals surface area contributed by atoms with Gasteiger partial charge in [0.1, 0.15) is 9.71 Å². The first-order valence-electron chi connectivity index (χ1n) is 5.69. The Morgan fingerprint density at radius 1 is 1.68 bits per heavy atom. The van der Waals surface area contributed by atoms with Crippen molar-refractivity contribution in [2.45, 2.75) is 6.92 Å². The highest BCUT2D eigenvalue weighted by Gasteiger charge is 2.21. The van der Waals surface area contributed by atoms with Gasteiger partial charge in [-0.05, 0) is 13.0 Å². The van der Waals surface area contributed by atoms with Gasteiger partial charge in [-0.3, -0.25) is 4.79 Å². The zero-order chi connectivity index (χ0) is 14.0. The summed E-state index contributed by atoms with van der Waals surface area (Å²) in [6.07, 6.45) is 1.54. The van der Waals surface area contributed by atoms with E-state index in [9.17, 15) is 4.79 Å². The maximum absolute atomic E-state index is 12.3. The zero-order valence-corrected chi connectivity index (χ0v) is 11.4. The maximum Gasteiger partial charge on any atom is 0.265 e. The highest BCUT2D eigenvalue weighted by atomic mass is 32.1. The second-order valence-electron chi connectivity index (χ2n) is 4.31. The molecule has 19 heavy (non-hydrogen) atoms. The number of aromatic nitrogens is 2. The highest BCUT2D eigenvalue weighted by Crippen LogP contribution is 2.32. The number of rotatable bonds is 3. The smallest absolute Gasteiger partial charge is 0.265 e. The summed E-state index contributed by atoms with van der Waals surface area (Å²) in [4.78, 5) is 14.9. The van der Waals surface area contributed by atoms with Gasteiger partial charge in [-0.1, -0.05) is 0 Å². The predicted octanol–water partition coefficient (Wildman–Crippen LogP) is 1.51. The first-order valence-corrected chi connectivity index (χ1v) is 6.51. The van der Waals surface area contributed by atoms with Gasteiger partial charge in [-0.2, -0.15) is 10.4 Å². The van der Waals surface area contributed by atoms with Crippen molar-refractivity contribution in [2.75, 3.05) is 19.3 Å². The Morgan fingerprint density at radius 3 is 3.05 bits per heavy atom. The van der Waals surface area contributed by atoms with Crippen molar-refractivity contribution in [2.24, 2.45) is 5.92 Å². The Kier molecular flexibility index (Phi) is 3.62. The van der Waals surface area contributed by atoms with E-state index >= 15 is 0 Å². The average Bonchev–Trinajstić information content (AvgIpc) is 2.75. The number of anilines is 1. The number of thiophene rings is 1. The standard InChI is InChI=1S/C12H13N5OS/c1-7(5-13)6-17(2)12(18)10-9(14)8-3-4-15-16-11(8)19-10/h3-4,7H,6,14H2,1-2H3. The molecule has 1 amide bonds. The van der Waals surface area contributed by atoms with E-state index in [-0.39, 0.29) is 11.8 Å². The second kappa shape index (κ2) is 5.20. The van der Waals surface area contributed by atoms with Crippen LogP contribution in [-0.4, -0.2) is 34.6 Å². The van der Waals surface area contributed by atoms with Crippen LogP contribution in [0.15, 0.2) is 12.3 Å². The molecule has 0 saturated carbocycles. The number of nitriles is 1. The van der Waals surface area contributed by atoms with E-state index in [0.717, 1.165) is 5.39 Å². The summed E-state index contributed by atoms with van der Waals surface area (Å²) in [5.74, 6) is -0.410. The quantitative estimate of drug-likeness (QED) is 0.915. The summed E-state index contributed by atoms with van der Waals surface area (Å²) in [5.41, 5.74) is 6.40. The molecule has 0 radical (unpaired) electrons. The minimum Gasteiger partial charge on any atom is -0.397 e. The molecule has 2 aromatic rings. The Labute approximate surface area is 114 Å². The summed E-state index contributed by atoms with van der Waals surface area (Å²) >= 11 is 1.22. The largest absolute Gasteiger partial charge is 0.397 e. The fourth-order valence-corrected chi connectivity index (χ4v) is 2.77. The summed E-state index contributed by atoms with van der Waals surface area (Å²) in [6.45, 7) is 2.14. The summed E-state index contributed by atoms with van der Waals surface area (Å²) in [6, 6.07) is 3.84. The molecule has 0 spiro atoms. The number of hydrogen-bond donors (Lipinski definition) is 1. The van der Waals surface area contributed by atoms with E-state index in [4.69, 9.17) is 11.0 Å². The SMILES string of the molecule is CC(C#N)CN(C)C(=O)c1sc2nnccc2c1N. The first kappa shape index (κ1) is 13.2. The highest BCUT2D eigenvalue weighted by molar-refractivity contribution is 7.21. The average molecular weight is 275 g/mol. The second-order valence-corrected chi connectivity index (χ2v) is 5.31. The Hall–Kier alpha value is -2.20. The molecule has 1 atom stereocenters.